The number of hydrogen-bond acceptors (Lipinski definition) is 6. The Labute approximate surface area is 213 Å². The van der Waals surface area contributed by atoms with E-state index in [1.165, 1.54) is 35.4 Å². The monoisotopic (exact) mass is 496 g/mol. The van der Waals surface area contributed by atoms with Gasteiger partial charge in [0.1, 0.15) is 23.0 Å². The van der Waals surface area contributed by atoms with Crippen LogP contribution in [0.15, 0.2) is 97.1 Å². The third-order valence-electron chi connectivity index (χ3n) is 6.84. The minimum Gasteiger partial charge on any atom is -0.457 e. The van der Waals surface area contributed by atoms with E-state index in [4.69, 9.17) is 9.47 Å². The quantitative estimate of drug-likeness (QED) is 0.181. The molecule has 1 aliphatic rings. The van der Waals surface area contributed by atoms with E-state index in [-0.39, 0.29) is 16.8 Å². The standard InChI is InChI=1S/C29H24N2O6/c32-30(33)23-7-15-27(16-8-23)36-25-11-3-21(4-12-25)29(19-1-2-20-29)22-5-13-26(14-6-22)37-28-17-9-24(10-18-28)31(34)35/h3-18H,1-2,19-20H2. The minimum absolute atomic E-state index is 0.0232. The molecule has 0 heterocycles. The molecule has 0 spiro atoms. The third-order valence-corrected chi connectivity index (χ3v) is 6.84. The van der Waals surface area contributed by atoms with E-state index < -0.39 is 9.85 Å². The van der Waals surface area contributed by atoms with Crippen molar-refractivity contribution in [2.24, 2.45) is 0 Å². The first kappa shape index (κ1) is 24.0. The van der Waals surface area contributed by atoms with E-state index in [1.807, 2.05) is 24.3 Å². The predicted octanol–water partition coefficient (Wildman–Crippen LogP) is 7.95. The highest BCUT2D eigenvalue weighted by Gasteiger charge is 2.37. The van der Waals surface area contributed by atoms with Crippen molar-refractivity contribution in [1.29, 1.82) is 0 Å². The topological polar surface area (TPSA) is 105 Å². The molecule has 0 unspecified atom stereocenters. The van der Waals surface area contributed by atoms with Gasteiger partial charge in [-0.3, -0.25) is 20.2 Å². The Morgan fingerprint density at radius 3 is 1.11 bits per heavy atom. The van der Waals surface area contributed by atoms with E-state index in [2.05, 4.69) is 24.3 Å². The van der Waals surface area contributed by atoms with Gasteiger partial charge in [0.2, 0.25) is 0 Å². The second kappa shape index (κ2) is 10.1. The molecule has 0 aliphatic heterocycles. The lowest BCUT2D eigenvalue weighted by atomic mass is 9.73. The van der Waals surface area contributed by atoms with Gasteiger partial charge >= 0.3 is 0 Å². The molecular formula is C29H24N2O6. The number of benzene rings is 4. The Morgan fingerprint density at radius 1 is 0.514 bits per heavy atom. The second-order valence-electron chi connectivity index (χ2n) is 9.04. The molecular weight excluding hydrogens is 472 g/mol. The summed E-state index contributed by atoms with van der Waals surface area (Å²) in [6, 6.07) is 28.1. The van der Waals surface area contributed by atoms with Crippen LogP contribution in [0.4, 0.5) is 11.4 Å². The van der Waals surface area contributed by atoms with Gasteiger partial charge in [-0.1, -0.05) is 37.1 Å². The Hall–Kier alpha value is -4.72. The highest BCUT2D eigenvalue weighted by atomic mass is 16.6. The van der Waals surface area contributed by atoms with Crippen LogP contribution >= 0.6 is 0 Å². The van der Waals surface area contributed by atoms with Gasteiger partial charge in [-0.25, -0.2) is 0 Å². The van der Waals surface area contributed by atoms with E-state index in [0.717, 1.165) is 25.7 Å². The number of rotatable bonds is 8. The highest BCUT2D eigenvalue weighted by Crippen LogP contribution is 2.47. The van der Waals surface area contributed by atoms with Crippen LogP contribution in [0.25, 0.3) is 0 Å². The molecule has 0 aromatic heterocycles. The number of non-ortho nitro benzene ring substituents is 2. The summed E-state index contributed by atoms with van der Waals surface area (Å²) in [6.07, 6.45) is 4.36. The van der Waals surface area contributed by atoms with E-state index in [1.54, 1.807) is 24.3 Å². The Bertz CT molecular complexity index is 1290. The van der Waals surface area contributed by atoms with Crippen molar-refractivity contribution < 1.29 is 19.3 Å². The first-order valence-corrected chi connectivity index (χ1v) is 12.0. The molecule has 5 rings (SSSR count). The molecule has 0 atom stereocenters. The number of nitro benzene ring substituents is 2. The fraction of sp³-hybridized carbons (Fsp3) is 0.172. The van der Waals surface area contributed by atoms with E-state index in [0.29, 0.717) is 23.0 Å². The van der Waals surface area contributed by atoms with E-state index >= 15 is 0 Å². The van der Waals surface area contributed by atoms with Crippen LogP contribution in [0.5, 0.6) is 23.0 Å². The van der Waals surface area contributed by atoms with Crippen LogP contribution in [-0.2, 0) is 5.41 Å². The maximum atomic E-state index is 10.9. The first-order chi connectivity index (χ1) is 17.9. The van der Waals surface area contributed by atoms with Gasteiger partial charge in [0.15, 0.2) is 0 Å². The maximum absolute atomic E-state index is 10.9. The predicted molar refractivity (Wildman–Crippen MR) is 138 cm³/mol. The number of nitrogens with zero attached hydrogens (tertiary/aromatic N) is 2. The molecule has 1 aliphatic carbocycles. The Kier molecular flexibility index (Phi) is 6.55. The van der Waals surface area contributed by atoms with Crippen LogP contribution in [0, 0.1) is 20.2 Å². The molecule has 1 fully saturated rings. The molecule has 0 bridgehead atoms. The van der Waals surface area contributed by atoms with Crippen molar-refractivity contribution in [1.82, 2.24) is 0 Å². The van der Waals surface area contributed by atoms with Crippen LogP contribution < -0.4 is 9.47 Å². The zero-order chi connectivity index (χ0) is 25.8. The van der Waals surface area contributed by atoms with Crippen LogP contribution in [0.3, 0.4) is 0 Å². The summed E-state index contributed by atoms with van der Waals surface area (Å²) in [5.41, 5.74) is 2.37. The molecule has 0 N–H and O–H groups in total. The van der Waals surface area contributed by atoms with Gasteiger partial charge in [0, 0.05) is 29.7 Å². The fourth-order valence-electron chi connectivity index (χ4n) is 4.95. The van der Waals surface area contributed by atoms with Crippen LogP contribution in [-0.4, -0.2) is 9.85 Å². The van der Waals surface area contributed by atoms with Crippen LogP contribution in [0.2, 0.25) is 0 Å². The van der Waals surface area contributed by atoms with Crippen molar-refractivity contribution in [2.75, 3.05) is 0 Å². The SMILES string of the molecule is O=[N+]([O-])c1ccc(Oc2ccc(C3(c4ccc(Oc5ccc([N+](=O)[O-])cc5)cc4)CCCC3)cc2)cc1. The lowest BCUT2D eigenvalue weighted by Gasteiger charge is -2.31. The van der Waals surface area contributed by atoms with Gasteiger partial charge in [-0.15, -0.1) is 0 Å². The minimum atomic E-state index is -0.437. The normalized spacial score (nSPS) is 14.2. The smallest absolute Gasteiger partial charge is 0.269 e. The van der Waals surface area contributed by atoms with Crippen LogP contribution in [0.1, 0.15) is 36.8 Å². The van der Waals surface area contributed by atoms with Gasteiger partial charge in [-0.05, 0) is 72.5 Å². The Morgan fingerprint density at radius 2 is 0.811 bits per heavy atom. The number of ether oxygens (including phenoxy) is 2. The van der Waals surface area contributed by atoms with Gasteiger partial charge in [-0.2, -0.15) is 0 Å². The molecule has 0 radical (unpaired) electrons. The lowest BCUT2D eigenvalue weighted by Crippen LogP contribution is -2.23. The van der Waals surface area contributed by atoms with Crippen molar-refractivity contribution in [3.8, 4) is 23.0 Å². The molecule has 8 heteroatoms. The van der Waals surface area contributed by atoms with Gasteiger partial charge < -0.3 is 9.47 Å². The van der Waals surface area contributed by atoms with Crippen molar-refractivity contribution in [3.63, 3.8) is 0 Å². The summed E-state index contributed by atoms with van der Waals surface area (Å²) < 4.78 is 11.8. The fourth-order valence-corrected chi connectivity index (χ4v) is 4.95. The van der Waals surface area contributed by atoms with Gasteiger partial charge in [0.05, 0.1) is 9.85 Å². The highest BCUT2D eigenvalue weighted by molar-refractivity contribution is 5.46. The number of hydrogen-bond donors (Lipinski definition) is 0. The summed E-state index contributed by atoms with van der Waals surface area (Å²) in [6.45, 7) is 0. The Balaban J connectivity index is 1.32. The molecule has 0 saturated heterocycles. The number of nitro groups is 2. The molecule has 186 valence electrons. The molecule has 8 nitrogen and oxygen atoms in total. The zero-order valence-electron chi connectivity index (χ0n) is 19.9. The summed E-state index contributed by atoms with van der Waals surface area (Å²) in [7, 11) is 0. The third kappa shape index (κ3) is 5.13. The molecule has 37 heavy (non-hydrogen) atoms. The summed E-state index contributed by atoms with van der Waals surface area (Å²) >= 11 is 0. The molecule has 4 aromatic rings. The summed E-state index contributed by atoms with van der Waals surface area (Å²) in [5, 5.41) is 21.7. The van der Waals surface area contributed by atoms with Crippen molar-refractivity contribution >= 4 is 11.4 Å². The zero-order valence-corrected chi connectivity index (χ0v) is 19.9. The van der Waals surface area contributed by atoms with Crippen molar-refractivity contribution in [2.45, 2.75) is 31.1 Å². The lowest BCUT2D eigenvalue weighted by molar-refractivity contribution is -0.385. The molecule has 0 amide bonds. The average molecular weight is 497 g/mol. The largest absolute Gasteiger partial charge is 0.457 e. The molecule has 1 saturated carbocycles. The molecule has 4 aromatic carbocycles. The summed E-state index contributed by atoms with van der Waals surface area (Å²) in [4.78, 5) is 20.8. The summed E-state index contributed by atoms with van der Waals surface area (Å²) in [5.74, 6) is 2.41. The maximum Gasteiger partial charge on any atom is 0.269 e. The average Bonchev–Trinajstić information content (AvgIpc) is 3.41. The van der Waals surface area contributed by atoms with Gasteiger partial charge in [0.25, 0.3) is 11.4 Å². The first-order valence-electron chi connectivity index (χ1n) is 12.0. The van der Waals surface area contributed by atoms with E-state index in [9.17, 15) is 20.2 Å². The second-order valence-corrected chi connectivity index (χ2v) is 9.04. The van der Waals surface area contributed by atoms with Crippen molar-refractivity contribution in [3.05, 3.63) is 128 Å².